The standard InChI is InChI=1S/C28H34F3N7O8/c1-5-15(2)22(45-25(42)17-9-7-6-8-10-17)23-20(28(29,30)31)21(32-16(3)41)24(37-11-18(13-39)33-35-37)27(46-23,26(43)44-4)38-12-19(14-40)34-36-38/h6-12,15,20-24,39-40H,5,13-14H2,1-4H3,(H,32,41)/t15-,20-,21-,22-,23?,24?,27+/m1/s1. The van der Waals surface area contributed by atoms with Crippen LogP contribution < -0.4 is 5.32 Å². The Labute approximate surface area is 260 Å². The Morgan fingerprint density at radius 1 is 1.09 bits per heavy atom. The molecule has 0 spiro atoms. The highest BCUT2D eigenvalue weighted by molar-refractivity contribution is 5.89. The molecule has 46 heavy (non-hydrogen) atoms. The summed E-state index contributed by atoms with van der Waals surface area (Å²) in [5.41, 5.74) is -2.87. The Kier molecular flexibility index (Phi) is 10.4. The molecule has 15 nitrogen and oxygen atoms in total. The minimum atomic E-state index is -5.15. The number of aliphatic hydroxyl groups is 2. The smallest absolute Gasteiger partial charge is 0.396 e. The third kappa shape index (κ3) is 6.59. The van der Waals surface area contributed by atoms with Gasteiger partial charge in [-0.3, -0.25) is 4.79 Å². The van der Waals surface area contributed by atoms with Gasteiger partial charge in [-0.1, -0.05) is 42.5 Å². The summed E-state index contributed by atoms with van der Waals surface area (Å²) in [5, 5.41) is 37.0. The predicted molar refractivity (Wildman–Crippen MR) is 148 cm³/mol. The third-order valence-corrected chi connectivity index (χ3v) is 7.85. The zero-order valence-electron chi connectivity index (χ0n) is 25.3. The number of hydrogen-bond acceptors (Lipinski definition) is 12. The molecule has 0 bridgehead atoms. The van der Waals surface area contributed by atoms with Crippen LogP contribution in [0.15, 0.2) is 42.7 Å². The average molecular weight is 654 g/mol. The molecule has 18 heteroatoms. The number of alkyl halides is 3. The summed E-state index contributed by atoms with van der Waals surface area (Å²) in [6.07, 6.45) is -6.65. The van der Waals surface area contributed by atoms with Crippen molar-refractivity contribution in [3.05, 3.63) is 59.7 Å². The third-order valence-electron chi connectivity index (χ3n) is 7.85. The van der Waals surface area contributed by atoms with Gasteiger partial charge in [0, 0.05) is 6.92 Å². The fraction of sp³-hybridized carbons (Fsp3) is 0.536. The largest absolute Gasteiger partial charge is 0.465 e. The van der Waals surface area contributed by atoms with E-state index in [4.69, 9.17) is 14.2 Å². The van der Waals surface area contributed by atoms with E-state index in [9.17, 15) is 24.6 Å². The number of benzene rings is 1. The lowest BCUT2D eigenvalue weighted by Gasteiger charge is -2.53. The van der Waals surface area contributed by atoms with E-state index in [1.165, 1.54) is 12.1 Å². The highest BCUT2D eigenvalue weighted by atomic mass is 19.4. The number of rotatable bonds is 11. The number of carbonyl (C=O) groups excluding carboxylic acids is 3. The van der Waals surface area contributed by atoms with Gasteiger partial charge in [0.1, 0.15) is 35.6 Å². The molecule has 4 rings (SSSR count). The highest BCUT2D eigenvalue weighted by Crippen LogP contribution is 2.51. The number of halogens is 3. The number of nitrogens with zero attached hydrogens (tertiary/aromatic N) is 6. The normalized spacial score (nSPS) is 24.5. The molecule has 3 N–H and O–H groups in total. The van der Waals surface area contributed by atoms with Gasteiger partial charge in [0.25, 0.3) is 5.72 Å². The molecule has 1 aromatic carbocycles. The van der Waals surface area contributed by atoms with Crippen molar-refractivity contribution in [2.24, 2.45) is 11.8 Å². The quantitative estimate of drug-likeness (QED) is 0.252. The van der Waals surface area contributed by atoms with Gasteiger partial charge in [0.05, 0.1) is 44.3 Å². The van der Waals surface area contributed by atoms with Crippen LogP contribution in [0, 0.1) is 11.8 Å². The van der Waals surface area contributed by atoms with Crippen molar-refractivity contribution < 1.29 is 52.0 Å². The number of hydrogen-bond donors (Lipinski definition) is 3. The van der Waals surface area contributed by atoms with E-state index >= 15 is 13.2 Å². The lowest BCUT2D eigenvalue weighted by Crippen LogP contribution is -2.71. The Morgan fingerprint density at radius 3 is 2.24 bits per heavy atom. The molecule has 1 fully saturated rings. The van der Waals surface area contributed by atoms with Gasteiger partial charge >= 0.3 is 18.1 Å². The molecule has 2 unspecified atom stereocenters. The van der Waals surface area contributed by atoms with Gasteiger partial charge < -0.3 is 29.7 Å². The van der Waals surface area contributed by atoms with Crippen LogP contribution in [0.3, 0.4) is 0 Å². The van der Waals surface area contributed by atoms with Crippen molar-refractivity contribution in [2.75, 3.05) is 7.11 Å². The van der Waals surface area contributed by atoms with Gasteiger partial charge in [0.2, 0.25) is 5.91 Å². The van der Waals surface area contributed by atoms with Crippen LogP contribution in [0.1, 0.15) is 55.0 Å². The topological polar surface area (TPSA) is 193 Å². The van der Waals surface area contributed by atoms with Gasteiger partial charge in [-0.05, 0) is 24.5 Å². The molecule has 1 amide bonds. The van der Waals surface area contributed by atoms with E-state index in [2.05, 4.69) is 25.9 Å². The molecule has 1 aliphatic heterocycles. The zero-order valence-corrected chi connectivity index (χ0v) is 25.3. The van der Waals surface area contributed by atoms with Crippen LogP contribution in [0.25, 0.3) is 0 Å². The van der Waals surface area contributed by atoms with Crippen LogP contribution in [0.2, 0.25) is 0 Å². The number of aromatic nitrogens is 6. The number of aliphatic hydroxyl groups excluding tert-OH is 2. The van der Waals surface area contributed by atoms with Crippen LogP contribution in [0.4, 0.5) is 13.2 Å². The second-order valence-corrected chi connectivity index (χ2v) is 10.8. The molecular weight excluding hydrogens is 619 g/mol. The molecule has 1 saturated heterocycles. The second kappa shape index (κ2) is 13.9. The molecular formula is C28H34F3N7O8. The average Bonchev–Trinajstić information content (AvgIpc) is 3.72. The molecule has 3 heterocycles. The Bertz CT molecular complexity index is 1520. The molecule has 3 aromatic rings. The first-order chi connectivity index (χ1) is 21.8. The number of ether oxygens (including phenoxy) is 3. The first-order valence-electron chi connectivity index (χ1n) is 14.2. The SMILES string of the molecule is CC[C@@H](C)[C@@H](OC(=O)c1ccccc1)C1O[C@@](C(=O)OC)(n2cc(CO)nn2)C(n2cc(CO)nn2)[C@H](NC(C)=O)[C@H]1C(F)(F)F. The van der Waals surface area contributed by atoms with Crippen LogP contribution in [0.5, 0.6) is 0 Å². The van der Waals surface area contributed by atoms with E-state index in [1.807, 2.05) is 0 Å². The van der Waals surface area contributed by atoms with E-state index < -0.39 is 79.1 Å². The van der Waals surface area contributed by atoms with Gasteiger partial charge in [-0.15, -0.1) is 10.2 Å². The van der Waals surface area contributed by atoms with Crippen LogP contribution in [-0.2, 0) is 42.7 Å². The Balaban J connectivity index is 2.05. The lowest BCUT2D eigenvalue weighted by molar-refractivity contribution is -0.316. The molecule has 7 atom stereocenters. The number of amides is 1. The van der Waals surface area contributed by atoms with E-state index in [0.717, 1.165) is 35.8 Å². The maximum Gasteiger partial charge on any atom is 0.396 e. The zero-order chi connectivity index (χ0) is 33.8. The summed E-state index contributed by atoms with van der Waals surface area (Å²) >= 11 is 0. The van der Waals surface area contributed by atoms with E-state index in [0.29, 0.717) is 0 Å². The number of esters is 2. The van der Waals surface area contributed by atoms with Crippen molar-refractivity contribution in [2.45, 2.75) is 76.6 Å². The minimum Gasteiger partial charge on any atom is -0.465 e. The summed E-state index contributed by atoms with van der Waals surface area (Å²) in [6, 6.07) is 3.55. The van der Waals surface area contributed by atoms with Crippen LogP contribution >= 0.6 is 0 Å². The van der Waals surface area contributed by atoms with Crippen molar-refractivity contribution in [3.63, 3.8) is 0 Å². The molecule has 2 aromatic heterocycles. The monoisotopic (exact) mass is 653 g/mol. The molecule has 1 aliphatic rings. The highest BCUT2D eigenvalue weighted by Gasteiger charge is 2.70. The Morgan fingerprint density at radius 2 is 1.72 bits per heavy atom. The Hall–Kier alpha value is -4.42. The summed E-state index contributed by atoms with van der Waals surface area (Å²) in [4.78, 5) is 39.9. The first kappa shape index (κ1) is 34.5. The van der Waals surface area contributed by atoms with Gasteiger partial charge in [0.15, 0.2) is 0 Å². The van der Waals surface area contributed by atoms with Crippen molar-refractivity contribution >= 4 is 17.8 Å². The van der Waals surface area contributed by atoms with E-state index in [1.54, 1.807) is 32.0 Å². The maximum absolute atomic E-state index is 15.4. The van der Waals surface area contributed by atoms with Gasteiger partial charge in [-0.2, -0.15) is 13.2 Å². The predicted octanol–water partition coefficient (Wildman–Crippen LogP) is 1.27. The van der Waals surface area contributed by atoms with Crippen molar-refractivity contribution in [3.8, 4) is 0 Å². The number of carbonyl (C=O) groups is 3. The fourth-order valence-electron chi connectivity index (χ4n) is 5.56. The number of nitrogens with one attached hydrogen (secondary N) is 1. The fourth-order valence-corrected chi connectivity index (χ4v) is 5.56. The minimum absolute atomic E-state index is 0.0497. The van der Waals surface area contributed by atoms with Gasteiger partial charge in [-0.25, -0.2) is 19.0 Å². The molecule has 250 valence electrons. The lowest BCUT2D eigenvalue weighted by atomic mass is 9.75. The second-order valence-electron chi connectivity index (χ2n) is 10.8. The molecule has 0 aliphatic carbocycles. The van der Waals surface area contributed by atoms with Crippen molar-refractivity contribution in [1.29, 1.82) is 0 Å². The summed E-state index contributed by atoms with van der Waals surface area (Å²) in [6.45, 7) is 2.85. The molecule has 0 saturated carbocycles. The number of methoxy groups -OCH3 is 1. The summed E-state index contributed by atoms with van der Waals surface area (Å²) in [7, 11) is 0.953. The van der Waals surface area contributed by atoms with Crippen LogP contribution in [-0.4, -0.2) is 89.6 Å². The first-order valence-corrected chi connectivity index (χ1v) is 14.2. The van der Waals surface area contributed by atoms with E-state index in [-0.39, 0.29) is 23.4 Å². The maximum atomic E-state index is 15.4. The summed E-state index contributed by atoms with van der Waals surface area (Å²) in [5.74, 6) is -6.59. The van der Waals surface area contributed by atoms with Crippen molar-refractivity contribution in [1.82, 2.24) is 35.3 Å². The molecule has 0 radical (unpaired) electrons. The summed E-state index contributed by atoms with van der Waals surface area (Å²) < 4.78 is 64.9.